The lowest BCUT2D eigenvalue weighted by Crippen LogP contribution is -2.29. The molecule has 3 aromatic carbocycles. The number of anilines is 2. The van der Waals surface area contributed by atoms with Gasteiger partial charge in [0.25, 0.3) is 5.91 Å². The van der Waals surface area contributed by atoms with E-state index in [1.807, 2.05) is 26.0 Å². The number of methoxy groups -OCH3 is 1. The van der Waals surface area contributed by atoms with Crippen LogP contribution in [0.25, 0.3) is 0 Å². The zero-order valence-electron chi connectivity index (χ0n) is 19.3. The fourth-order valence-corrected chi connectivity index (χ4v) is 4.36. The summed E-state index contributed by atoms with van der Waals surface area (Å²) < 4.78 is 30.9. The fourth-order valence-electron chi connectivity index (χ4n) is 3.28. The Bertz CT molecular complexity index is 1340. The zero-order valence-corrected chi connectivity index (χ0v) is 20.8. The van der Waals surface area contributed by atoms with E-state index in [9.17, 15) is 18.0 Å². The summed E-state index contributed by atoms with van der Waals surface area (Å²) >= 11 is 6.01. The second-order valence-electron chi connectivity index (χ2n) is 7.88. The average molecular weight is 501 g/mol. The number of nitrogens with zero attached hydrogens (tertiary/aromatic N) is 1. The number of nitrogens with one attached hydrogen (secondary N) is 1. The molecule has 0 unspecified atom stereocenters. The number of esters is 1. The molecule has 0 radical (unpaired) electrons. The van der Waals surface area contributed by atoms with Crippen molar-refractivity contribution in [3.05, 3.63) is 93.5 Å². The van der Waals surface area contributed by atoms with Gasteiger partial charge < -0.3 is 10.1 Å². The standard InChI is InChI=1S/C25H25ClN2O5S/c1-16-5-11-21(13-17(16)2)28(34(4,31)32)15-18-6-8-19(9-7-18)24(29)27-20-10-12-23(26)22(14-20)25(30)33-3/h5-14H,15H2,1-4H3,(H,27,29). The van der Waals surface area contributed by atoms with Crippen LogP contribution in [-0.4, -0.2) is 33.7 Å². The molecule has 0 aliphatic heterocycles. The number of benzene rings is 3. The van der Waals surface area contributed by atoms with Crippen LogP contribution in [-0.2, 0) is 21.3 Å². The molecule has 0 saturated carbocycles. The molecule has 0 aliphatic carbocycles. The van der Waals surface area contributed by atoms with Crippen molar-refractivity contribution < 1.29 is 22.7 Å². The first kappa shape index (κ1) is 25.3. The summed E-state index contributed by atoms with van der Waals surface area (Å²) in [4.78, 5) is 24.5. The topological polar surface area (TPSA) is 92.8 Å². The minimum Gasteiger partial charge on any atom is -0.465 e. The lowest BCUT2D eigenvalue weighted by molar-refractivity contribution is 0.0600. The van der Waals surface area contributed by atoms with Gasteiger partial charge in [-0.2, -0.15) is 0 Å². The Morgan fingerprint density at radius 3 is 2.24 bits per heavy atom. The van der Waals surface area contributed by atoms with E-state index in [1.54, 1.807) is 36.4 Å². The number of amides is 1. The third-order valence-corrected chi connectivity index (χ3v) is 6.82. The number of aryl methyl sites for hydroxylation is 2. The molecular weight excluding hydrogens is 476 g/mol. The van der Waals surface area contributed by atoms with E-state index in [4.69, 9.17) is 16.3 Å². The number of sulfonamides is 1. The number of carbonyl (C=O) groups is 2. The van der Waals surface area contributed by atoms with E-state index in [-0.39, 0.29) is 23.0 Å². The fraction of sp³-hybridized carbons (Fsp3) is 0.200. The van der Waals surface area contributed by atoms with Gasteiger partial charge in [-0.15, -0.1) is 0 Å². The minimum atomic E-state index is -3.52. The third-order valence-electron chi connectivity index (χ3n) is 5.35. The predicted octanol–water partition coefficient (Wildman–Crippen LogP) is 4.96. The van der Waals surface area contributed by atoms with Crippen molar-refractivity contribution in [3.8, 4) is 0 Å². The van der Waals surface area contributed by atoms with Crippen molar-refractivity contribution in [2.45, 2.75) is 20.4 Å². The zero-order chi connectivity index (χ0) is 25.0. The van der Waals surface area contributed by atoms with Gasteiger partial charge in [0.15, 0.2) is 0 Å². The van der Waals surface area contributed by atoms with Crippen molar-refractivity contribution in [3.63, 3.8) is 0 Å². The molecule has 1 N–H and O–H groups in total. The molecule has 178 valence electrons. The lowest BCUT2D eigenvalue weighted by atomic mass is 10.1. The highest BCUT2D eigenvalue weighted by Gasteiger charge is 2.19. The van der Waals surface area contributed by atoms with Gasteiger partial charge in [0.05, 0.1) is 36.2 Å². The van der Waals surface area contributed by atoms with Crippen LogP contribution in [0.2, 0.25) is 5.02 Å². The van der Waals surface area contributed by atoms with Gasteiger partial charge in [-0.05, 0) is 73.0 Å². The molecule has 0 saturated heterocycles. The number of halogens is 1. The van der Waals surface area contributed by atoms with Crippen molar-refractivity contribution in [2.24, 2.45) is 0 Å². The summed E-state index contributed by atoms with van der Waals surface area (Å²) in [5.41, 5.74) is 4.27. The maximum Gasteiger partial charge on any atom is 0.339 e. The molecule has 0 aliphatic rings. The summed E-state index contributed by atoms with van der Waals surface area (Å²) in [6.45, 7) is 4.03. The highest BCUT2D eigenvalue weighted by Crippen LogP contribution is 2.24. The maximum absolute atomic E-state index is 12.7. The number of carbonyl (C=O) groups excluding carboxylic acids is 2. The second kappa shape index (κ2) is 10.3. The van der Waals surface area contributed by atoms with E-state index >= 15 is 0 Å². The first-order valence-electron chi connectivity index (χ1n) is 10.3. The van der Waals surface area contributed by atoms with Crippen LogP contribution in [0.1, 0.15) is 37.4 Å². The van der Waals surface area contributed by atoms with Crippen LogP contribution in [0.3, 0.4) is 0 Å². The number of hydrogen-bond donors (Lipinski definition) is 1. The molecule has 3 rings (SSSR count). The molecule has 0 bridgehead atoms. The van der Waals surface area contributed by atoms with Crippen LogP contribution < -0.4 is 9.62 Å². The van der Waals surface area contributed by atoms with Crippen molar-refractivity contribution in [2.75, 3.05) is 23.0 Å². The maximum atomic E-state index is 12.7. The van der Waals surface area contributed by atoms with Crippen molar-refractivity contribution in [1.29, 1.82) is 0 Å². The molecule has 0 atom stereocenters. The minimum absolute atomic E-state index is 0.128. The van der Waals surface area contributed by atoms with Crippen molar-refractivity contribution in [1.82, 2.24) is 0 Å². The Labute approximate surface area is 204 Å². The van der Waals surface area contributed by atoms with Gasteiger partial charge >= 0.3 is 5.97 Å². The SMILES string of the molecule is COC(=O)c1cc(NC(=O)c2ccc(CN(c3ccc(C)c(C)c3)S(C)(=O)=O)cc2)ccc1Cl. The highest BCUT2D eigenvalue weighted by atomic mass is 35.5. The first-order chi connectivity index (χ1) is 16.0. The predicted molar refractivity (Wildman–Crippen MR) is 134 cm³/mol. The quantitative estimate of drug-likeness (QED) is 0.463. The van der Waals surface area contributed by atoms with Gasteiger partial charge in [0, 0.05) is 11.3 Å². The van der Waals surface area contributed by atoms with Gasteiger partial charge in [-0.25, -0.2) is 13.2 Å². The molecule has 3 aromatic rings. The summed E-state index contributed by atoms with van der Waals surface area (Å²) in [5, 5.41) is 2.93. The molecule has 1 amide bonds. The van der Waals surface area contributed by atoms with Gasteiger partial charge in [0.1, 0.15) is 0 Å². The largest absolute Gasteiger partial charge is 0.465 e. The van der Waals surface area contributed by atoms with Crippen LogP contribution in [0.15, 0.2) is 60.7 Å². The van der Waals surface area contributed by atoms with Gasteiger partial charge in [0.2, 0.25) is 10.0 Å². The Morgan fingerprint density at radius 1 is 0.971 bits per heavy atom. The smallest absolute Gasteiger partial charge is 0.339 e. The molecule has 0 spiro atoms. The summed E-state index contributed by atoms with van der Waals surface area (Å²) in [6, 6.07) is 16.7. The molecule has 0 fully saturated rings. The van der Waals surface area contributed by atoms with Crippen LogP contribution in [0.4, 0.5) is 11.4 Å². The number of rotatable bonds is 7. The van der Waals surface area contributed by atoms with E-state index in [1.165, 1.54) is 29.8 Å². The van der Waals surface area contributed by atoms with Crippen LogP contribution >= 0.6 is 11.6 Å². The van der Waals surface area contributed by atoms with Gasteiger partial charge in [-0.1, -0.05) is 29.8 Å². The van der Waals surface area contributed by atoms with E-state index < -0.39 is 16.0 Å². The van der Waals surface area contributed by atoms with Crippen LogP contribution in [0, 0.1) is 13.8 Å². The molecule has 34 heavy (non-hydrogen) atoms. The van der Waals surface area contributed by atoms with E-state index in [0.29, 0.717) is 16.9 Å². The third kappa shape index (κ3) is 5.95. The molecule has 9 heteroatoms. The van der Waals surface area contributed by atoms with Gasteiger partial charge in [-0.3, -0.25) is 9.10 Å². The van der Waals surface area contributed by atoms with Crippen molar-refractivity contribution >= 4 is 44.9 Å². The Balaban J connectivity index is 1.78. The number of hydrogen-bond acceptors (Lipinski definition) is 5. The molecular formula is C25H25ClN2O5S. The van der Waals surface area contributed by atoms with Crippen LogP contribution in [0.5, 0.6) is 0 Å². The van der Waals surface area contributed by atoms with E-state index in [0.717, 1.165) is 16.7 Å². The molecule has 0 aromatic heterocycles. The number of ether oxygens (including phenoxy) is 1. The summed E-state index contributed by atoms with van der Waals surface area (Å²) in [5.74, 6) is -0.997. The van der Waals surface area contributed by atoms with E-state index in [2.05, 4.69) is 5.32 Å². The second-order valence-corrected chi connectivity index (χ2v) is 10.2. The molecule has 7 nitrogen and oxygen atoms in total. The highest BCUT2D eigenvalue weighted by molar-refractivity contribution is 7.92. The Hall–Kier alpha value is -3.36. The monoisotopic (exact) mass is 500 g/mol. The normalized spacial score (nSPS) is 11.1. The molecule has 0 heterocycles. The summed E-state index contributed by atoms with van der Waals surface area (Å²) in [6.07, 6.45) is 1.17. The Kier molecular flexibility index (Phi) is 7.64. The summed E-state index contributed by atoms with van der Waals surface area (Å²) in [7, 11) is -2.28. The average Bonchev–Trinajstić information content (AvgIpc) is 2.79. The first-order valence-corrected chi connectivity index (χ1v) is 12.6. The lowest BCUT2D eigenvalue weighted by Gasteiger charge is -2.23. The Morgan fingerprint density at radius 2 is 1.65 bits per heavy atom.